The highest BCUT2D eigenvalue weighted by Gasteiger charge is 2.49. The molecule has 0 amide bonds. The fraction of sp³-hybridized carbons (Fsp3) is 0.889. The molecule has 0 aromatic rings. The van der Waals surface area contributed by atoms with E-state index < -0.39 is 37.5 Å². The van der Waals surface area contributed by atoms with Crippen molar-refractivity contribution >= 4 is 38.7 Å². The van der Waals surface area contributed by atoms with Gasteiger partial charge in [0, 0.05) is 0 Å². The number of alkyl halides is 4. The number of halogens is 4. The van der Waals surface area contributed by atoms with Gasteiger partial charge < -0.3 is 4.74 Å². The standard InChI is InChI=1S/C9H12F3IO5S/c10-9(11,12)6(5-19(15,16)17)18-7(14)8(13)3-1-2-4-8/h6H,1-5H2,(H,15,16,17). The molecule has 0 aliphatic heterocycles. The smallest absolute Gasteiger partial charge is 0.426 e. The van der Waals surface area contributed by atoms with Gasteiger partial charge in [0.05, 0.1) is 0 Å². The molecule has 1 N–H and O–H groups in total. The van der Waals surface area contributed by atoms with Gasteiger partial charge >= 0.3 is 12.1 Å². The molecule has 0 heterocycles. The predicted octanol–water partition coefficient (Wildman–Crippen LogP) is 2.10. The quantitative estimate of drug-likeness (QED) is 0.329. The fourth-order valence-corrected chi connectivity index (χ4v) is 3.29. The Balaban J connectivity index is 2.81. The van der Waals surface area contributed by atoms with Crippen LogP contribution in [-0.2, 0) is 19.6 Å². The molecular formula is C9H12F3IO5S. The summed E-state index contributed by atoms with van der Waals surface area (Å²) < 4.78 is 70.5. The molecule has 1 aliphatic rings. The summed E-state index contributed by atoms with van der Waals surface area (Å²) in [6, 6.07) is 0. The summed E-state index contributed by atoms with van der Waals surface area (Å²) in [4.78, 5) is 11.7. The zero-order valence-electron chi connectivity index (χ0n) is 9.61. The Morgan fingerprint density at radius 2 is 1.84 bits per heavy atom. The number of esters is 1. The third kappa shape index (κ3) is 5.06. The maximum absolute atomic E-state index is 12.6. The number of rotatable bonds is 4. The van der Waals surface area contributed by atoms with E-state index in [2.05, 4.69) is 4.74 Å². The maximum Gasteiger partial charge on any atom is 0.426 e. The van der Waals surface area contributed by atoms with Crippen molar-refractivity contribution in [3.05, 3.63) is 0 Å². The van der Waals surface area contributed by atoms with Gasteiger partial charge in [0.25, 0.3) is 10.1 Å². The van der Waals surface area contributed by atoms with E-state index in [0.29, 0.717) is 25.7 Å². The van der Waals surface area contributed by atoms with Crippen LogP contribution in [0.1, 0.15) is 25.7 Å². The second-order valence-corrected chi connectivity index (χ2v) is 7.92. The zero-order chi connectivity index (χ0) is 14.9. The molecule has 1 rings (SSSR count). The molecule has 5 nitrogen and oxygen atoms in total. The van der Waals surface area contributed by atoms with Gasteiger partial charge in [-0.1, -0.05) is 35.4 Å². The minimum atomic E-state index is -5.04. The van der Waals surface area contributed by atoms with Gasteiger partial charge in [-0.2, -0.15) is 21.6 Å². The molecule has 0 bridgehead atoms. The lowest BCUT2D eigenvalue weighted by Crippen LogP contribution is -2.43. The van der Waals surface area contributed by atoms with Crippen molar-refractivity contribution in [3.63, 3.8) is 0 Å². The Morgan fingerprint density at radius 1 is 1.37 bits per heavy atom. The van der Waals surface area contributed by atoms with Crippen molar-refractivity contribution in [2.24, 2.45) is 0 Å². The molecule has 1 atom stereocenters. The van der Waals surface area contributed by atoms with Gasteiger partial charge in [0.1, 0.15) is 9.17 Å². The SMILES string of the molecule is O=C(OC(CS(=O)(=O)O)C(F)(F)F)C1(I)CCCC1. The minimum absolute atomic E-state index is 0.392. The van der Waals surface area contributed by atoms with Gasteiger partial charge in [-0.05, 0) is 12.8 Å². The summed E-state index contributed by atoms with van der Waals surface area (Å²) in [7, 11) is -4.90. The van der Waals surface area contributed by atoms with E-state index in [9.17, 15) is 26.4 Å². The topological polar surface area (TPSA) is 80.7 Å². The summed E-state index contributed by atoms with van der Waals surface area (Å²) in [6.45, 7) is 0. The lowest BCUT2D eigenvalue weighted by Gasteiger charge is -2.25. The Morgan fingerprint density at radius 3 is 2.21 bits per heavy atom. The molecule has 0 saturated heterocycles. The van der Waals surface area contributed by atoms with Gasteiger partial charge in [-0.3, -0.25) is 9.35 Å². The van der Waals surface area contributed by atoms with Crippen LogP contribution < -0.4 is 0 Å². The van der Waals surface area contributed by atoms with E-state index in [-0.39, 0.29) is 0 Å². The molecule has 1 fully saturated rings. The third-order valence-electron chi connectivity index (χ3n) is 2.74. The van der Waals surface area contributed by atoms with Crippen LogP contribution >= 0.6 is 22.6 Å². The molecule has 0 spiro atoms. The molecule has 0 radical (unpaired) electrons. The zero-order valence-corrected chi connectivity index (χ0v) is 12.6. The number of hydrogen-bond donors (Lipinski definition) is 1. The van der Waals surface area contributed by atoms with Crippen LogP contribution in [0, 0.1) is 0 Å². The van der Waals surface area contributed by atoms with Crippen molar-refractivity contribution in [1.29, 1.82) is 0 Å². The molecule has 1 aliphatic carbocycles. The Hall–Kier alpha value is -0.100. The van der Waals surface area contributed by atoms with Crippen LogP contribution in [0.2, 0.25) is 0 Å². The van der Waals surface area contributed by atoms with Crippen molar-refractivity contribution < 1.29 is 35.7 Å². The molecule has 1 saturated carbocycles. The van der Waals surface area contributed by atoms with Crippen LogP contribution in [0.15, 0.2) is 0 Å². The molecule has 19 heavy (non-hydrogen) atoms. The first-order chi connectivity index (χ1) is 8.44. The van der Waals surface area contributed by atoms with Crippen LogP contribution in [0.4, 0.5) is 13.2 Å². The molecule has 112 valence electrons. The molecule has 10 heteroatoms. The predicted molar refractivity (Wildman–Crippen MR) is 67.6 cm³/mol. The Labute approximate surface area is 121 Å². The van der Waals surface area contributed by atoms with Crippen molar-refractivity contribution in [2.75, 3.05) is 5.75 Å². The number of ether oxygens (including phenoxy) is 1. The first-order valence-corrected chi connectivity index (χ1v) is 8.05. The average Bonchev–Trinajstić information content (AvgIpc) is 2.62. The summed E-state index contributed by atoms with van der Waals surface area (Å²) in [5, 5.41) is 0. The van der Waals surface area contributed by atoms with Gasteiger partial charge in [0.2, 0.25) is 6.10 Å². The summed E-state index contributed by atoms with van der Waals surface area (Å²) >= 11 is 1.74. The highest BCUT2D eigenvalue weighted by Crippen LogP contribution is 2.40. The van der Waals surface area contributed by atoms with E-state index in [1.54, 1.807) is 22.6 Å². The van der Waals surface area contributed by atoms with Gasteiger partial charge in [-0.15, -0.1) is 0 Å². The van der Waals surface area contributed by atoms with Crippen LogP contribution in [0.3, 0.4) is 0 Å². The minimum Gasteiger partial charge on any atom is -0.450 e. The van der Waals surface area contributed by atoms with Crippen molar-refractivity contribution in [1.82, 2.24) is 0 Å². The molecule has 1 unspecified atom stereocenters. The van der Waals surface area contributed by atoms with Gasteiger partial charge in [0.15, 0.2) is 0 Å². The lowest BCUT2D eigenvalue weighted by atomic mass is 10.1. The second-order valence-electron chi connectivity index (χ2n) is 4.36. The number of carbonyl (C=O) groups excluding carboxylic acids is 1. The Bertz CT molecular complexity index is 441. The normalized spacial score (nSPS) is 21.1. The van der Waals surface area contributed by atoms with E-state index in [4.69, 9.17) is 4.55 Å². The number of hydrogen-bond acceptors (Lipinski definition) is 4. The van der Waals surface area contributed by atoms with Crippen LogP contribution in [0.25, 0.3) is 0 Å². The molecule has 0 aromatic heterocycles. The fourth-order valence-electron chi connectivity index (χ4n) is 1.76. The van der Waals surface area contributed by atoms with E-state index >= 15 is 0 Å². The monoisotopic (exact) mass is 416 g/mol. The van der Waals surface area contributed by atoms with E-state index in [1.165, 1.54) is 0 Å². The largest absolute Gasteiger partial charge is 0.450 e. The van der Waals surface area contributed by atoms with Crippen molar-refractivity contribution in [2.45, 2.75) is 41.4 Å². The van der Waals surface area contributed by atoms with E-state index in [0.717, 1.165) is 0 Å². The van der Waals surface area contributed by atoms with Gasteiger partial charge in [-0.25, -0.2) is 0 Å². The van der Waals surface area contributed by atoms with E-state index in [1.807, 2.05) is 0 Å². The first-order valence-electron chi connectivity index (χ1n) is 5.36. The lowest BCUT2D eigenvalue weighted by molar-refractivity contribution is -0.216. The highest BCUT2D eigenvalue weighted by molar-refractivity contribution is 14.1. The van der Waals surface area contributed by atoms with Crippen LogP contribution in [-0.4, -0.2) is 40.4 Å². The summed E-state index contributed by atoms with van der Waals surface area (Å²) in [6.07, 6.45) is -5.70. The molecule has 0 aromatic carbocycles. The molecular weight excluding hydrogens is 404 g/mol. The van der Waals surface area contributed by atoms with Crippen molar-refractivity contribution in [3.8, 4) is 0 Å². The first kappa shape index (κ1) is 17.0. The average molecular weight is 416 g/mol. The number of carbonyl (C=O) groups is 1. The summed E-state index contributed by atoms with van der Waals surface area (Å²) in [5.74, 6) is -2.77. The third-order valence-corrected chi connectivity index (χ3v) is 4.98. The summed E-state index contributed by atoms with van der Waals surface area (Å²) in [5.41, 5.74) is 0. The highest BCUT2D eigenvalue weighted by atomic mass is 127. The second kappa shape index (κ2) is 5.72. The maximum atomic E-state index is 12.6. The Kier molecular flexibility index (Phi) is 5.10. The van der Waals surface area contributed by atoms with Crippen LogP contribution in [0.5, 0.6) is 0 Å².